The van der Waals surface area contributed by atoms with Gasteiger partial charge in [0, 0.05) is 5.41 Å². The first-order valence-corrected chi connectivity index (χ1v) is 20.8. The van der Waals surface area contributed by atoms with Gasteiger partial charge in [0.15, 0.2) is 0 Å². The van der Waals surface area contributed by atoms with Crippen molar-refractivity contribution in [1.29, 1.82) is 0 Å². The number of hydrogen-bond acceptors (Lipinski definition) is 6. The van der Waals surface area contributed by atoms with Gasteiger partial charge in [0.1, 0.15) is 12.1 Å². The van der Waals surface area contributed by atoms with E-state index in [0.29, 0.717) is 24.2 Å². The fourth-order valence-corrected chi connectivity index (χ4v) is 13.6. The highest BCUT2D eigenvalue weighted by Gasteiger charge is 2.72. The number of esters is 1. The summed E-state index contributed by atoms with van der Waals surface area (Å²) in [7, 11) is 0. The normalized spacial score (nSPS) is 38.8. The van der Waals surface area contributed by atoms with Gasteiger partial charge in [-0.2, -0.15) is 0 Å². The quantitative estimate of drug-likeness (QED) is 0.116. The number of carbonyl (C=O) groups excluding carboxylic acids is 3. The molecule has 11 atom stereocenters. The molecule has 0 saturated heterocycles. The minimum atomic E-state index is -1.18. The van der Waals surface area contributed by atoms with Crippen molar-refractivity contribution in [2.24, 2.45) is 68.0 Å². The number of carbonyl (C=O) groups is 5. The number of hydrogen-bond donors (Lipinski definition) is 4. The molecule has 54 heavy (non-hydrogen) atoms. The molecule has 5 saturated carbocycles. The van der Waals surface area contributed by atoms with Crippen LogP contribution in [-0.2, 0) is 28.7 Å². The van der Waals surface area contributed by atoms with E-state index in [2.05, 4.69) is 58.8 Å². The molecule has 2 amide bonds. The van der Waals surface area contributed by atoms with Crippen molar-refractivity contribution >= 4 is 29.7 Å². The van der Waals surface area contributed by atoms with Crippen LogP contribution in [0.1, 0.15) is 146 Å². The Morgan fingerprint density at radius 1 is 0.852 bits per heavy atom. The summed E-state index contributed by atoms with van der Waals surface area (Å²) >= 11 is 0. The smallest absolute Gasteiger partial charge is 0.326 e. The van der Waals surface area contributed by atoms with E-state index in [4.69, 9.17) is 4.74 Å². The standard InChI is InChI=1S/C44H70N2O8/c1-25(2)22-29(36(49)50)46-33(47)24-45-37(51)44-19-14-27(26(3)4)35(44)28-12-13-31-41(9)17-16-32(54-34(48)23-39(5,6)38(52)53)40(7,8)30(41)15-18-43(31,11)42(28,10)20-21-44/h25,27-32,35H,3,12-24H2,1-2,4-11H3,(H,45,51)(H,46,47)(H,49,50)(H,52,53)/t27-,28+,29-,30-,31+,32-,35+,41-,42+,43+,44-/m0/s1. The van der Waals surface area contributed by atoms with Crippen LogP contribution >= 0.6 is 0 Å². The maximum Gasteiger partial charge on any atom is 0.326 e. The van der Waals surface area contributed by atoms with Gasteiger partial charge in [-0.3, -0.25) is 19.2 Å². The highest BCUT2D eigenvalue weighted by atomic mass is 16.5. The predicted molar refractivity (Wildman–Crippen MR) is 207 cm³/mol. The molecule has 4 N–H and O–H groups in total. The Morgan fingerprint density at radius 3 is 2.11 bits per heavy atom. The zero-order chi connectivity index (χ0) is 40.4. The lowest BCUT2D eigenvalue weighted by Crippen LogP contribution is -2.67. The first-order valence-electron chi connectivity index (χ1n) is 20.8. The minimum Gasteiger partial charge on any atom is -0.481 e. The molecule has 5 aliphatic rings. The molecule has 0 unspecified atom stereocenters. The number of allylic oxidation sites excluding steroid dienone is 1. The number of ether oxygens (including phenoxy) is 1. The molecule has 0 aromatic heterocycles. The van der Waals surface area contributed by atoms with Crippen molar-refractivity contribution in [2.75, 3.05) is 6.54 Å². The zero-order valence-corrected chi connectivity index (χ0v) is 34.9. The van der Waals surface area contributed by atoms with Crippen LogP contribution in [0, 0.1) is 68.0 Å². The predicted octanol–water partition coefficient (Wildman–Crippen LogP) is 7.79. The molecule has 0 aromatic carbocycles. The molecule has 10 heteroatoms. The van der Waals surface area contributed by atoms with Crippen LogP contribution in [0.5, 0.6) is 0 Å². The zero-order valence-electron chi connectivity index (χ0n) is 34.9. The number of rotatable bonds is 12. The number of carboxylic acids is 2. The van der Waals surface area contributed by atoms with Crippen LogP contribution < -0.4 is 10.6 Å². The molecule has 5 fully saturated rings. The maximum atomic E-state index is 14.4. The lowest BCUT2D eigenvalue weighted by molar-refractivity contribution is -0.249. The SMILES string of the molecule is C=C(C)[C@@H]1CC[C@]2(C(=O)NCC(=O)N[C@@H](CC(C)C)C(=O)O)CC[C@]3(C)[C@H](CC[C@@H]4[C@@]5(C)CC[C@H](OC(=O)CC(C)(C)C(=O)O)C(C)(C)[C@@H]5CC[C@]43C)[C@@H]12. The van der Waals surface area contributed by atoms with Crippen LogP contribution in [0.4, 0.5) is 0 Å². The van der Waals surface area contributed by atoms with Crippen molar-refractivity contribution in [3.8, 4) is 0 Å². The van der Waals surface area contributed by atoms with Gasteiger partial charge in [-0.25, -0.2) is 4.79 Å². The Morgan fingerprint density at radius 2 is 1.52 bits per heavy atom. The summed E-state index contributed by atoms with van der Waals surface area (Å²) in [6.45, 7) is 25.3. The number of nitrogens with one attached hydrogen (secondary N) is 2. The van der Waals surface area contributed by atoms with E-state index >= 15 is 0 Å². The van der Waals surface area contributed by atoms with Crippen molar-refractivity contribution in [2.45, 2.75) is 158 Å². The Labute approximate surface area is 323 Å². The summed E-state index contributed by atoms with van der Waals surface area (Å²) < 4.78 is 6.15. The molecule has 304 valence electrons. The van der Waals surface area contributed by atoms with Gasteiger partial charge in [0.05, 0.1) is 23.8 Å². The number of amides is 2. The summed E-state index contributed by atoms with van der Waals surface area (Å²) in [5.41, 5.74) is -0.842. The summed E-state index contributed by atoms with van der Waals surface area (Å²) in [5.74, 6) is -1.50. The van der Waals surface area contributed by atoms with E-state index in [9.17, 15) is 34.2 Å². The van der Waals surface area contributed by atoms with Gasteiger partial charge in [-0.05, 0) is 143 Å². The third-order valence-corrected chi connectivity index (χ3v) is 16.6. The average Bonchev–Trinajstić information content (AvgIpc) is 3.46. The number of carboxylic acid groups (broad SMARTS) is 2. The molecule has 0 heterocycles. The van der Waals surface area contributed by atoms with E-state index in [1.54, 1.807) is 13.8 Å². The maximum absolute atomic E-state index is 14.4. The van der Waals surface area contributed by atoms with Crippen molar-refractivity contribution in [3.63, 3.8) is 0 Å². The van der Waals surface area contributed by atoms with Crippen molar-refractivity contribution < 1.29 is 38.9 Å². The summed E-state index contributed by atoms with van der Waals surface area (Å²) in [6, 6.07) is -0.991. The Hall–Kier alpha value is -2.91. The fourth-order valence-electron chi connectivity index (χ4n) is 13.6. The van der Waals surface area contributed by atoms with Crippen LogP contribution in [0.15, 0.2) is 12.2 Å². The van der Waals surface area contributed by atoms with Gasteiger partial charge in [0.25, 0.3) is 0 Å². The van der Waals surface area contributed by atoms with Crippen LogP contribution in [0.3, 0.4) is 0 Å². The summed E-state index contributed by atoms with van der Waals surface area (Å²) in [5, 5.41) is 24.9. The largest absolute Gasteiger partial charge is 0.481 e. The fraction of sp³-hybridized carbons (Fsp3) is 0.841. The summed E-state index contributed by atoms with van der Waals surface area (Å²) in [4.78, 5) is 64.0. The van der Waals surface area contributed by atoms with E-state index < -0.39 is 40.7 Å². The van der Waals surface area contributed by atoms with Gasteiger partial charge in [-0.15, -0.1) is 0 Å². The van der Waals surface area contributed by atoms with Gasteiger partial charge < -0.3 is 25.6 Å². The third kappa shape index (κ3) is 6.92. The molecule has 0 spiro atoms. The molecular weight excluding hydrogens is 684 g/mol. The second kappa shape index (κ2) is 14.5. The van der Waals surface area contributed by atoms with E-state index in [-0.39, 0.29) is 64.4 Å². The van der Waals surface area contributed by atoms with E-state index in [0.717, 1.165) is 69.8 Å². The second-order valence-electron chi connectivity index (χ2n) is 20.8. The van der Waals surface area contributed by atoms with Gasteiger partial charge in [0.2, 0.25) is 11.8 Å². The highest BCUT2D eigenvalue weighted by Crippen LogP contribution is 2.77. The Balaban J connectivity index is 1.36. The summed E-state index contributed by atoms with van der Waals surface area (Å²) in [6.07, 6.45) is 9.15. The van der Waals surface area contributed by atoms with Crippen LogP contribution in [0.25, 0.3) is 0 Å². The number of aliphatic carboxylic acids is 2. The molecule has 5 aliphatic carbocycles. The molecule has 0 bridgehead atoms. The highest BCUT2D eigenvalue weighted by molar-refractivity contribution is 5.90. The Bertz CT molecular complexity index is 1540. The van der Waals surface area contributed by atoms with Crippen molar-refractivity contribution in [3.05, 3.63) is 12.2 Å². The molecule has 0 radical (unpaired) electrons. The van der Waals surface area contributed by atoms with E-state index in [1.807, 2.05) is 13.8 Å². The molecule has 5 rings (SSSR count). The van der Waals surface area contributed by atoms with Crippen LogP contribution in [-0.4, -0.2) is 58.6 Å². The third-order valence-electron chi connectivity index (χ3n) is 16.6. The van der Waals surface area contributed by atoms with Gasteiger partial charge in [-0.1, -0.05) is 60.6 Å². The number of fused-ring (bicyclic) bond motifs is 7. The second-order valence-corrected chi connectivity index (χ2v) is 20.8. The molecule has 0 aliphatic heterocycles. The molecule has 0 aromatic rings. The van der Waals surface area contributed by atoms with Crippen LogP contribution in [0.2, 0.25) is 0 Å². The minimum absolute atomic E-state index is 0.00478. The first-order chi connectivity index (χ1) is 24.9. The average molecular weight is 755 g/mol. The van der Waals surface area contributed by atoms with Crippen molar-refractivity contribution in [1.82, 2.24) is 10.6 Å². The van der Waals surface area contributed by atoms with Gasteiger partial charge >= 0.3 is 17.9 Å². The Kier molecular flexibility index (Phi) is 11.4. The molecular formula is C44H70N2O8. The lowest BCUT2D eigenvalue weighted by Gasteiger charge is -2.72. The first kappa shape index (κ1) is 42.2. The lowest BCUT2D eigenvalue weighted by atomic mass is 9.32. The monoisotopic (exact) mass is 755 g/mol. The van der Waals surface area contributed by atoms with E-state index in [1.165, 1.54) is 0 Å². The molecule has 10 nitrogen and oxygen atoms in total. The topological polar surface area (TPSA) is 159 Å².